The van der Waals surface area contributed by atoms with Crippen molar-refractivity contribution in [1.82, 2.24) is 9.97 Å². The molecule has 5 aromatic rings. The van der Waals surface area contributed by atoms with Crippen LogP contribution in [0.25, 0.3) is 11.0 Å². The van der Waals surface area contributed by atoms with Gasteiger partial charge in [0.05, 0.1) is 30.1 Å². The fourth-order valence-electron chi connectivity index (χ4n) is 4.31. The molecule has 13 heteroatoms. The number of benzene rings is 4. The van der Waals surface area contributed by atoms with Crippen molar-refractivity contribution in [2.75, 3.05) is 35.7 Å². The van der Waals surface area contributed by atoms with Crippen LogP contribution in [-0.4, -0.2) is 45.1 Å². The van der Waals surface area contributed by atoms with Crippen LogP contribution in [0.4, 0.5) is 33.1 Å². The number of rotatable bonds is 11. The van der Waals surface area contributed by atoms with Gasteiger partial charge in [-0.15, -0.1) is 0 Å². The standard InChI is InChI=1S/C30H27FN6O5S/c1-41-23-14-20(15-24(17-23)42-2)33-29-30(35-27-12-4-3-11-26(27)34-29)36-43(39,40)25-10-6-9-22(16-25)37(18-28(32)38)21-8-5-7-19(31)13-21/h3-17H,18H2,1-2H3,(H2,32,38)(H,33,34)(H,35,36). The van der Waals surface area contributed by atoms with Crippen molar-refractivity contribution in [2.45, 2.75) is 4.90 Å². The SMILES string of the molecule is COc1cc(Nc2nc3ccccc3nc2NS(=O)(=O)c2cccc(N(CC(N)=O)c3cccc(F)c3)c2)cc(OC)c1. The van der Waals surface area contributed by atoms with Crippen LogP contribution in [0.2, 0.25) is 0 Å². The zero-order valence-electron chi connectivity index (χ0n) is 23.1. The van der Waals surface area contributed by atoms with E-state index in [0.717, 1.165) is 0 Å². The zero-order chi connectivity index (χ0) is 30.6. The smallest absolute Gasteiger partial charge is 0.263 e. The van der Waals surface area contributed by atoms with Crippen LogP contribution in [-0.2, 0) is 14.8 Å². The van der Waals surface area contributed by atoms with Crippen LogP contribution >= 0.6 is 0 Å². The van der Waals surface area contributed by atoms with Crippen LogP contribution in [0.5, 0.6) is 11.5 Å². The second-order valence-electron chi connectivity index (χ2n) is 9.27. The highest BCUT2D eigenvalue weighted by atomic mass is 32.2. The summed E-state index contributed by atoms with van der Waals surface area (Å²) in [5.41, 5.74) is 7.58. The summed E-state index contributed by atoms with van der Waals surface area (Å²) in [4.78, 5) is 22.3. The number of hydrogen-bond donors (Lipinski definition) is 3. The lowest BCUT2D eigenvalue weighted by atomic mass is 10.2. The normalized spacial score (nSPS) is 11.1. The monoisotopic (exact) mass is 602 g/mol. The van der Waals surface area contributed by atoms with Crippen LogP contribution < -0.4 is 30.1 Å². The van der Waals surface area contributed by atoms with Gasteiger partial charge in [-0.25, -0.2) is 22.8 Å². The van der Waals surface area contributed by atoms with E-state index in [4.69, 9.17) is 15.2 Å². The Morgan fingerprint density at radius 3 is 2.05 bits per heavy atom. The number of carbonyl (C=O) groups excluding carboxylic acids is 1. The molecular weight excluding hydrogens is 575 g/mol. The molecule has 1 heterocycles. The molecule has 4 aromatic carbocycles. The van der Waals surface area contributed by atoms with Gasteiger partial charge in [-0.1, -0.05) is 24.3 Å². The van der Waals surface area contributed by atoms with Gasteiger partial charge in [-0.05, 0) is 48.5 Å². The molecule has 0 atom stereocenters. The molecule has 0 radical (unpaired) electrons. The number of para-hydroxylation sites is 2. The predicted molar refractivity (Wildman–Crippen MR) is 162 cm³/mol. The highest BCUT2D eigenvalue weighted by Gasteiger charge is 2.22. The minimum Gasteiger partial charge on any atom is -0.497 e. The van der Waals surface area contributed by atoms with Crippen LogP contribution in [0.3, 0.4) is 0 Å². The van der Waals surface area contributed by atoms with E-state index in [1.807, 2.05) is 0 Å². The van der Waals surface area contributed by atoms with Gasteiger partial charge < -0.3 is 25.4 Å². The summed E-state index contributed by atoms with van der Waals surface area (Å²) in [6.07, 6.45) is 0. The second-order valence-corrected chi connectivity index (χ2v) is 11.0. The zero-order valence-corrected chi connectivity index (χ0v) is 23.9. The number of anilines is 5. The number of methoxy groups -OCH3 is 2. The van der Waals surface area contributed by atoms with Gasteiger partial charge >= 0.3 is 0 Å². The Morgan fingerprint density at radius 1 is 0.837 bits per heavy atom. The highest BCUT2D eigenvalue weighted by Crippen LogP contribution is 2.33. The summed E-state index contributed by atoms with van der Waals surface area (Å²) in [6.45, 7) is -0.311. The topological polar surface area (TPSA) is 149 Å². The van der Waals surface area contributed by atoms with Gasteiger partial charge in [0.1, 0.15) is 23.9 Å². The van der Waals surface area contributed by atoms with Crippen molar-refractivity contribution in [3.8, 4) is 11.5 Å². The van der Waals surface area contributed by atoms with E-state index in [2.05, 4.69) is 20.0 Å². The van der Waals surface area contributed by atoms with E-state index in [1.54, 1.807) is 54.6 Å². The number of sulfonamides is 1. The average Bonchev–Trinajstić information content (AvgIpc) is 2.99. The summed E-state index contributed by atoms with van der Waals surface area (Å²) in [5.74, 6) is -0.136. The number of amides is 1. The first-order valence-corrected chi connectivity index (χ1v) is 14.3. The summed E-state index contributed by atoms with van der Waals surface area (Å²) in [7, 11) is -1.23. The number of halogens is 1. The Balaban J connectivity index is 1.54. The van der Waals surface area contributed by atoms with Crippen molar-refractivity contribution in [3.63, 3.8) is 0 Å². The molecule has 0 aliphatic heterocycles. The first kappa shape index (κ1) is 29.1. The molecule has 0 saturated carbocycles. The number of aromatic nitrogens is 2. The third-order valence-corrected chi connectivity index (χ3v) is 7.63. The molecule has 0 aliphatic carbocycles. The Bertz CT molecular complexity index is 1900. The lowest BCUT2D eigenvalue weighted by Crippen LogP contribution is -2.30. The van der Waals surface area contributed by atoms with Gasteiger partial charge in [0.2, 0.25) is 5.91 Å². The van der Waals surface area contributed by atoms with Crippen LogP contribution in [0.15, 0.2) is 95.9 Å². The Kier molecular flexibility index (Phi) is 8.25. The summed E-state index contributed by atoms with van der Waals surface area (Å²) < 4.78 is 54.7. The first-order valence-electron chi connectivity index (χ1n) is 12.9. The van der Waals surface area contributed by atoms with Crippen molar-refractivity contribution in [1.29, 1.82) is 0 Å². The van der Waals surface area contributed by atoms with Gasteiger partial charge in [0, 0.05) is 35.3 Å². The van der Waals surface area contributed by atoms with Gasteiger partial charge in [0.15, 0.2) is 11.6 Å². The number of primary amides is 1. The number of ether oxygens (including phenoxy) is 2. The number of hydrogen-bond acceptors (Lipinski definition) is 9. The Hall–Kier alpha value is -5.43. The number of nitrogens with two attached hydrogens (primary N) is 1. The molecule has 0 spiro atoms. The van der Waals surface area contributed by atoms with Crippen molar-refractivity contribution in [3.05, 3.63) is 96.8 Å². The second kappa shape index (κ2) is 12.2. The fraction of sp³-hybridized carbons (Fsp3) is 0.100. The summed E-state index contributed by atoms with van der Waals surface area (Å²) in [5, 5.41) is 3.11. The molecule has 0 unspecified atom stereocenters. The van der Waals surface area contributed by atoms with Crippen molar-refractivity contribution >= 4 is 55.7 Å². The molecule has 0 saturated heterocycles. The fourth-order valence-corrected chi connectivity index (χ4v) is 5.36. The van der Waals surface area contributed by atoms with Crippen LogP contribution in [0, 0.1) is 5.82 Å². The summed E-state index contributed by atoms with van der Waals surface area (Å²) >= 11 is 0. The lowest BCUT2D eigenvalue weighted by molar-refractivity contribution is -0.116. The van der Waals surface area contributed by atoms with Crippen molar-refractivity contribution < 1.29 is 27.1 Å². The Morgan fingerprint density at radius 2 is 1.44 bits per heavy atom. The Labute approximate surface area is 247 Å². The molecule has 4 N–H and O–H groups in total. The minimum absolute atomic E-state index is 0.0648. The third-order valence-electron chi connectivity index (χ3n) is 6.29. The molecule has 11 nitrogen and oxygen atoms in total. The molecular formula is C30H27FN6O5S. The van der Waals surface area contributed by atoms with E-state index in [1.165, 1.54) is 55.5 Å². The molecule has 1 aromatic heterocycles. The van der Waals surface area contributed by atoms with Crippen LogP contribution in [0.1, 0.15) is 0 Å². The molecule has 0 fully saturated rings. The molecule has 0 aliphatic rings. The average molecular weight is 603 g/mol. The number of carbonyl (C=O) groups is 1. The van der Waals surface area contributed by atoms with Gasteiger partial charge in [0.25, 0.3) is 10.0 Å². The summed E-state index contributed by atoms with van der Waals surface area (Å²) in [6, 6.07) is 23.5. The molecule has 220 valence electrons. The maximum absolute atomic E-state index is 14.0. The number of nitrogens with one attached hydrogen (secondary N) is 2. The van der Waals surface area contributed by atoms with E-state index in [-0.39, 0.29) is 23.1 Å². The lowest BCUT2D eigenvalue weighted by Gasteiger charge is -2.24. The molecule has 43 heavy (non-hydrogen) atoms. The molecule has 1 amide bonds. The minimum atomic E-state index is -4.26. The first-order chi connectivity index (χ1) is 20.6. The maximum atomic E-state index is 14.0. The largest absolute Gasteiger partial charge is 0.497 e. The highest BCUT2D eigenvalue weighted by molar-refractivity contribution is 7.92. The van der Waals surface area contributed by atoms with Gasteiger partial charge in [-0.2, -0.15) is 0 Å². The predicted octanol–water partition coefficient (Wildman–Crippen LogP) is 4.95. The van der Waals surface area contributed by atoms with E-state index < -0.39 is 21.7 Å². The van der Waals surface area contributed by atoms with E-state index in [9.17, 15) is 17.6 Å². The quantitative estimate of drug-likeness (QED) is 0.191. The van der Waals surface area contributed by atoms with Gasteiger partial charge in [-0.3, -0.25) is 9.52 Å². The molecule has 0 bridgehead atoms. The third kappa shape index (κ3) is 6.73. The number of fused-ring (bicyclic) bond motifs is 1. The molecule has 5 rings (SSSR count). The van der Waals surface area contributed by atoms with E-state index in [0.29, 0.717) is 39.6 Å². The maximum Gasteiger partial charge on any atom is 0.263 e. The van der Waals surface area contributed by atoms with Crippen molar-refractivity contribution in [2.24, 2.45) is 5.73 Å². The van der Waals surface area contributed by atoms with E-state index >= 15 is 0 Å². The number of nitrogens with zero attached hydrogens (tertiary/aromatic N) is 3.